The van der Waals surface area contributed by atoms with E-state index in [2.05, 4.69) is 26.0 Å². The number of halogens is 3. The van der Waals surface area contributed by atoms with Gasteiger partial charge in [0.05, 0.1) is 0 Å². The van der Waals surface area contributed by atoms with Crippen molar-refractivity contribution in [2.24, 2.45) is 0 Å². The van der Waals surface area contributed by atoms with Crippen LogP contribution < -0.4 is 10.1 Å². The lowest BCUT2D eigenvalue weighted by atomic mass is 10.2. The second-order valence-corrected chi connectivity index (χ2v) is 5.28. The number of benzene rings is 1. The van der Waals surface area contributed by atoms with Crippen molar-refractivity contribution in [3.63, 3.8) is 0 Å². The zero-order valence-electron chi connectivity index (χ0n) is 12.5. The Morgan fingerprint density at radius 3 is 2.70 bits per heavy atom. The number of esters is 1. The maximum atomic E-state index is 12.3. The molecule has 126 valence electrons. The van der Waals surface area contributed by atoms with Gasteiger partial charge in [-0.25, -0.2) is 4.79 Å². The van der Waals surface area contributed by atoms with Gasteiger partial charge in [-0.1, -0.05) is 15.9 Å². The third-order valence-corrected chi connectivity index (χ3v) is 3.09. The molecule has 0 spiro atoms. The lowest BCUT2D eigenvalue weighted by Gasteiger charge is -2.11. The molecule has 1 atom stereocenters. The molecule has 0 bridgehead atoms. The molecule has 0 aliphatic rings. The minimum absolute atomic E-state index is 0.0796. The fourth-order valence-electron chi connectivity index (χ4n) is 1.60. The van der Waals surface area contributed by atoms with Crippen molar-refractivity contribution in [3.05, 3.63) is 34.3 Å². The van der Waals surface area contributed by atoms with E-state index in [0.717, 1.165) is 6.08 Å². The summed E-state index contributed by atoms with van der Waals surface area (Å²) in [6.07, 6.45) is 1.36. The second-order valence-electron chi connectivity index (χ2n) is 4.37. The monoisotopic (exact) mass is 391 g/mol. The highest BCUT2D eigenvalue weighted by Gasteiger charge is 2.15. The van der Waals surface area contributed by atoms with E-state index in [9.17, 15) is 18.4 Å². The summed E-state index contributed by atoms with van der Waals surface area (Å²) in [6, 6.07) is 4.39. The van der Waals surface area contributed by atoms with Crippen LogP contribution in [-0.2, 0) is 14.3 Å². The lowest BCUT2D eigenvalue weighted by Crippen LogP contribution is -2.35. The van der Waals surface area contributed by atoms with Crippen LogP contribution >= 0.6 is 15.9 Å². The number of rotatable bonds is 7. The van der Waals surface area contributed by atoms with Crippen LogP contribution in [0, 0.1) is 0 Å². The highest BCUT2D eigenvalue weighted by atomic mass is 79.9. The lowest BCUT2D eigenvalue weighted by molar-refractivity contribution is -0.150. The largest absolute Gasteiger partial charge is 0.449 e. The predicted octanol–water partition coefficient (Wildman–Crippen LogP) is 3.13. The van der Waals surface area contributed by atoms with Crippen LogP contribution in [0.25, 0.3) is 6.08 Å². The molecule has 0 aliphatic heterocycles. The molecule has 1 aromatic carbocycles. The van der Waals surface area contributed by atoms with Crippen LogP contribution in [-0.4, -0.2) is 31.1 Å². The van der Waals surface area contributed by atoms with Crippen LogP contribution in [0.1, 0.15) is 19.4 Å². The normalized spacial score (nSPS) is 12.3. The van der Waals surface area contributed by atoms with Crippen molar-refractivity contribution in [2.45, 2.75) is 26.6 Å². The van der Waals surface area contributed by atoms with Gasteiger partial charge in [-0.2, -0.15) is 8.78 Å². The van der Waals surface area contributed by atoms with Crippen LogP contribution in [0.2, 0.25) is 0 Å². The Bertz CT molecular complexity index is 593. The summed E-state index contributed by atoms with van der Waals surface area (Å²) in [5, 5.41) is 2.51. The molecule has 0 unspecified atom stereocenters. The third-order valence-electron chi connectivity index (χ3n) is 2.60. The van der Waals surface area contributed by atoms with Crippen molar-refractivity contribution in [1.82, 2.24) is 5.32 Å². The van der Waals surface area contributed by atoms with Crippen molar-refractivity contribution in [1.29, 1.82) is 0 Å². The Hall–Kier alpha value is -1.96. The van der Waals surface area contributed by atoms with E-state index >= 15 is 0 Å². The Balaban J connectivity index is 2.78. The average molecular weight is 392 g/mol. The van der Waals surface area contributed by atoms with Gasteiger partial charge < -0.3 is 14.8 Å². The molecule has 0 heterocycles. The van der Waals surface area contributed by atoms with Crippen LogP contribution in [0.3, 0.4) is 0 Å². The summed E-state index contributed by atoms with van der Waals surface area (Å²) >= 11 is 3.20. The Morgan fingerprint density at radius 2 is 2.09 bits per heavy atom. The van der Waals surface area contributed by atoms with E-state index in [1.165, 1.54) is 31.2 Å². The molecule has 23 heavy (non-hydrogen) atoms. The SMILES string of the molecule is CCNC(=O)[C@H](C)OC(=O)/C=C/c1cc(Br)ccc1OC(F)F. The number of hydrogen-bond acceptors (Lipinski definition) is 4. The molecule has 0 saturated carbocycles. The van der Waals surface area contributed by atoms with E-state index in [0.29, 0.717) is 11.0 Å². The topological polar surface area (TPSA) is 64.6 Å². The minimum Gasteiger partial charge on any atom is -0.449 e. The Kier molecular flexibility index (Phi) is 7.67. The van der Waals surface area contributed by atoms with Crippen molar-refractivity contribution >= 4 is 33.9 Å². The first kappa shape index (κ1) is 19.1. The quantitative estimate of drug-likeness (QED) is 0.572. The maximum Gasteiger partial charge on any atom is 0.387 e. The summed E-state index contributed by atoms with van der Waals surface area (Å²) in [6.45, 7) is 0.613. The van der Waals surface area contributed by atoms with Crippen LogP contribution in [0.15, 0.2) is 28.7 Å². The van der Waals surface area contributed by atoms with E-state index in [4.69, 9.17) is 4.74 Å². The van der Waals surface area contributed by atoms with Gasteiger partial charge in [-0.3, -0.25) is 4.79 Å². The third kappa shape index (κ3) is 6.77. The summed E-state index contributed by atoms with van der Waals surface area (Å²) in [4.78, 5) is 23.1. The van der Waals surface area contributed by atoms with Gasteiger partial charge in [0.2, 0.25) is 0 Å². The molecular weight excluding hydrogens is 376 g/mol. The highest BCUT2D eigenvalue weighted by Crippen LogP contribution is 2.26. The molecule has 1 amide bonds. The molecule has 0 saturated heterocycles. The summed E-state index contributed by atoms with van der Waals surface area (Å²) in [7, 11) is 0. The van der Waals surface area contributed by atoms with Crippen molar-refractivity contribution < 1.29 is 27.8 Å². The molecule has 8 heteroatoms. The maximum absolute atomic E-state index is 12.3. The number of carbonyl (C=O) groups excluding carboxylic acids is 2. The van der Waals surface area contributed by atoms with E-state index in [1.54, 1.807) is 6.92 Å². The Labute approximate surface area is 140 Å². The Morgan fingerprint density at radius 1 is 1.39 bits per heavy atom. The number of carbonyl (C=O) groups is 2. The fraction of sp³-hybridized carbons (Fsp3) is 0.333. The van der Waals surface area contributed by atoms with E-state index < -0.39 is 24.6 Å². The van der Waals surface area contributed by atoms with Crippen molar-refractivity contribution in [2.75, 3.05) is 6.54 Å². The molecule has 1 rings (SSSR count). The first-order valence-electron chi connectivity index (χ1n) is 6.74. The van der Waals surface area contributed by atoms with Gasteiger partial charge in [-0.05, 0) is 38.1 Å². The van der Waals surface area contributed by atoms with Crippen molar-refractivity contribution in [3.8, 4) is 5.75 Å². The van der Waals surface area contributed by atoms with Gasteiger partial charge in [0.25, 0.3) is 5.91 Å². The number of ether oxygens (including phenoxy) is 2. The van der Waals surface area contributed by atoms with E-state index in [-0.39, 0.29) is 11.3 Å². The summed E-state index contributed by atoms with van der Waals surface area (Å²) in [5.41, 5.74) is 0.266. The molecule has 0 fully saturated rings. The van der Waals surface area contributed by atoms with Crippen LogP contribution in [0.4, 0.5) is 8.78 Å². The van der Waals surface area contributed by atoms with Crippen LogP contribution in [0.5, 0.6) is 5.75 Å². The van der Waals surface area contributed by atoms with Gasteiger partial charge in [0.15, 0.2) is 6.10 Å². The van der Waals surface area contributed by atoms with Gasteiger partial charge >= 0.3 is 12.6 Å². The molecule has 0 radical (unpaired) electrons. The molecule has 0 aromatic heterocycles. The number of nitrogens with one attached hydrogen (secondary N) is 1. The molecule has 5 nitrogen and oxygen atoms in total. The van der Waals surface area contributed by atoms with E-state index in [1.807, 2.05) is 0 Å². The first-order valence-corrected chi connectivity index (χ1v) is 7.53. The second kappa shape index (κ2) is 9.24. The summed E-state index contributed by atoms with van der Waals surface area (Å²) < 4.78 is 34.6. The number of likely N-dealkylation sites (N-methyl/N-ethyl adjacent to an activating group) is 1. The fourth-order valence-corrected chi connectivity index (χ4v) is 1.97. The number of alkyl halides is 2. The summed E-state index contributed by atoms with van der Waals surface area (Å²) in [5.74, 6) is -1.27. The minimum atomic E-state index is -2.98. The van der Waals surface area contributed by atoms with Gasteiger partial charge in [-0.15, -0.1) is 0 Å². The zero-order valence-corrected chi connectivity index (χ0v) is 14.1. The number of amides is 1. The first-order chi connectivity index (χ1) is 10.8. The smallest absolute Gasteiger partial charge is 0.387 e. The highest BCUT2D eigenvalue weighted by molar-refractivity contribution is 9.10. The average Bonchev–Trinajstić information content (AvgIpc) is 2.47. The standard InChI is InChI=1S/C15H16BrF2NO4/c1-3-19-14(21)9(2)22-13(20)7-4-10-8-11(16)5-6-12(10)23-15(17)18/h4-9,15H,3H2,1-2H3,(H,19,21)/b7-4+/t9-/m0/s1. The molecular formula is C15H16BrF2NO4. The number of hydrogen-bond donors (Lipinski definition) is 1. The molecule has 1 N–H and O–H groups in total. The van der Waals surface area contributed by atoms with Gasteiger partial charge in [0, 0.05) is 22.7 Å². The molecule has 1 aromatic rings. The predicted molar refractivity (Wildman–Crippen MR) is 84.0 cm³/mol. The molecule has 0 aliphatic carbocycles. The zero-order chi connectivity index (χ0) is 17.4. The van der Waals surface area contributed by atoms with Gasteiger partial charge in [0.1, 0.15) is 5.75 Å².